The standard InChI is InChI=1S/C59H101NO3/c1-3-5-7-9-11-13-15-16-17-18-19-20-21-22-23-24-25-26-27-28-29-30-31-32-33-34-35-36-37-38-39-40-41-42-43-44-45-47-49-51-53-55-59(63)60-57(56-61)58(62)54-52-50-48-46-14-12-10-8-6-4-2/h5-8,11,13-14,16-17,19-20,22-23,25-26,46,52,54,57-58,61-62H,3-4,9-10,12,15,18,21,24,27-45,47-51,53,55-56H2,1-2H3,(H,60,63)/b7-5-,8-6+,13-11-,17-16-,20-19-,23-22-,26-25-,46-14+,54-52+. The van der Waals surface area contributed by atoms with Gasteiger partial charge in [-0.3, -0.25) is 4.79 Å². The lowest BCUT2D eigenvalue weighted by Crippen LogP contribution is -2.45. The molecule has 0 bridgehead atoms. The molecule has 0 heterocycles. The van der Waals surface area contributed by atoms with Crippen molar-refractivity contribution in [2.24, 2.45) is 0 Å². The lowest BCUT2D eigenvalue weighted by Gasteiger charge is -2.19. The van der Waals surface area contributed by atoms with Crippen molar-refractivity contribution >= 4 is 5.91 Å². The SMILES string of the molecule is CC/C=C\C/C=C\C/C=C\C/C=C\C/C=C\C/C=C\CCCCCCCCCCCCCCCCCCCCCCCCC(=O)NC(CO)C(O)/C=C/CC/C=C/CC/C=C/CC. The molecule has 0 aromatic carbocycles. The normalized spacial score (nSPS) is 13.8. The summed E-state index contributed by atoms with van der Waals surface area (Å²) in [6.07, 6.45) is 81.2. The van der Waals surface area contributed by atoms with Crippen LogP contribution in [0.4, 0.5) is 0 Å². The summed E-state index contributed by atoms with van der Waals surface area (Å²) in [7, 11) is 0. The average Bonchev–Trinajstić information content (AvgIpc) is 3.29. The molecule has 1 amide bonds. The van der Waals surface area contributed by atoms with Gasteiger partial charge in [0.05, 0.1) is 18.8 Å². The van der Waals surface area contributed by atoms with Gasteiger partial charge in [0, 0.05) is 6.42 Å². The monoisotopic (exact) mass is 872 g/mol. The number of unbranched alkanes of at least 4 members (excludes halogenated alkanes) is 24. The minimum atomic E-state index is -0.871. The van der Waals surface area contributed by atoms with Crippen molar-refractivity contribution < 1.29 is 15.0 Å². The van der Waals surface area contributed by atoms with E-state index in [1.807, 2.05) is 6.08 Å². The third-order valence-corrected chi connectivity index (χ3v) is 11.5. The van der Waals surface area contributed by atoms with E-state index >= 15 is 0 Å². The molecule has 0 rings (SSSR count). The van der Waals surface area contributed by atoms with E-state index in [2.05, 4.69) is 116 Å². The van der Waals surface area contributed by atoms with Gasteiger partial charge in [0.25, 0.3) is 0 Å². The van der Waals surface area contributed by atoms with Gasteiger partial charge >= 0.3 is 0 Å². The first kappa shape index (κ1) is 60.1. The molecule has 0 radical (unpaired) electrons. The van der Waals surface area contributed by atoms with Gasteiger partial charge in [-0.25, -0.2) is 0 Å². The zero-order valence-electron chi connectivity index (χ0n) is 41.3. The molecule has 0 aromatic heterocycles. The van der Waals surface area contributed by atoms with Crippen LogP contribution in [-0.2, 0) is 4.79 Å². The highest BCUT2D eigenvalue weighted by Gasteiger charge is 2.17. The van der Waals surface area contributed by atoms with E-state index < -0.39 is 12.1 Å². The van der Waals surface area contributed by atoms with Crippen LogP contribution >= 0.6 is 0 Å². The largest absolute Gasteiger partial charge is 0.394 e. The van der Waals surface area contributed by atoms with Crippen LogP contribution in [-0.4, -0.2) is 34.9 Å². The van der Waals surface area contributed by atoms with Gasteiger partial charge in [-0.2, -0.15) is 0 Å². The van der Waals surface area contributed by atoms with Gasteiger partial charge in [-0.1, -0.05) is 252 Å². The van der Waals surface area contributed by atoms with Gasteiger partial charge in [0.2, 0.25) is 5.91 Å². The number of carbonyl (C=O) groups is 1. The highest BCUT2D eigenvalue weighted by molar-refractivity contribution is 5.76. The van der Waals surface area contributed by atoms with Crippen molar-refractivity contribution in [3.63, 3.8) is 0 Å². The summed E-state index contributed by atoms with van der Waals surface area (Å²) in [5.41, 5.74) is 0. The Kier molecular flexibility index (Phi) is 50.9. The first-order chi connectivity index (χ1) is 31.2. The summed E-state index contributed by atoms with van der Waals surface area (Å²) in [4.78, 5) is 12.4. The maximum Gasteiger partial charge on any atom is 0.220 e. The van der Waals surface area contributed by atoms with Crippen LogP contribution in [0.2, 0.25) is 0 Å². The molecule has 4 heteroatoms. The second kappa shape index (κ2) is 53.4. The van der Waals surface area contributed by atoms with E-state index in [0.717, 1.165) is 83.5 Å². The fourth-order valence-electron chi connectivity index (χ4n) is 7.52. The number of nitrogens with one attached hydrogen (secondary N) is 1. The van der Waals surface area contributed by atoms with Gasteiger partial charge in [0.15, 0.2) is 0 Å². The Morgan fingerprint density at radius 1 is 0.381 bits per heavy atom. The van der Waals surface area contributed by atoms with E-state index in [0.29, 0.717) is 6.42 Å². The molecule has 0 aromatic rings. The van der Waals surface area contributed by atoms with Crippen LogP contribution in [0, 0.1) is 0 Å². The number of aliphatic hydroxyl groups excluding tert-OH is 2. The van der Waals surface area contributed by atoms with E-state index in [-0.39, 0.29) is 12.5 Å². The molecule has 0 fully saturated rings. The van der Waals surface area contributed by atoms with Gasteiger partial charge in [0.1, 0.15) is 0 Å². The van der Waals surface area contributed by atoms with E-state index in [1.165, 1.54) is 135 Å². The lowest BCUT2D eigenvalue weighted by molar-refractivity contribution is -0.123. The van der Waals surface area contributed by atoms with Crippen molar-refractivity contribution in [1.29, 1.82) is 0 Å². The molecule has 63 heavy (non-hydrogen) atoms. The number of carbonyl (C=O) groups excluding carboxylic acids is 1. The number of amides is 1. The van der Waals surface area contributed by atoms with Gasteiger partial charge in [-0.05, 0) is 89.9 Å². The molecule has 0 saturated carbocycles. The molecule has 4 nitrogen and oxygen atoms in total. The second-order valence-corrected chi connectivity index (χ2v) is 17.5. The Hall–Kier alpha value is -2.95. The maximum absolute atomic E-state index is 12.4. The summed E-state index contributed by atoms with van der Waals surface area (Å²) in [6, 6.07) is -0.646. The molecule has 3 N–H and O–H groups in total. The number of hydrogen-bond acceptors (Lipinski definition) is 3. The van der Waals surface area contributed by atoms with Crippen LogP contribution in [0.1, 0.15) is 239 Å². The van der Waals surface area contributed by atoms with Crippen molar-refractivity contribution in [1.82, 2.24) is 5.32 Å². The predicted molar refractivity (Wildman–Crippen MR) is 280 cm³/mol. The zero-order valence-corrected chi connectivity index (χ0v) is 41.3. The molecular weight excluding hydrogens is 771 g/mol. The molecule has 0 saturated heterocycles. The van der Waals surface area contributed by atoms with Crippen molar-refractivity contribution in [3.05, 3.63) is 109 Å². The maximum atomic E-state index is 12.4. The molecule has 2 atom stereocenters. The van der Waals surface area contributed by atoms with Crippen LogP contribution in [0.5, 0.6) is 0 Å². The fraction of sp³-hybridized carbons (Fsp3) is 0.678. The van der Waals surface area contributed by atoms with Crippen molar-refractivity contribution in [2.45, 2.75) is 251 Å². The van der Waals surface area contributed by atoms with E-state index in [1.54, 1.807) is 6.08 Å². The predicted octanol–water partition coefficient (Wildman–Crippen LogP) is 17.5. The van der Waals surface area contributed by atoms with Crippen LogP contribution in [0.25, 0.3) is 0 Å². The third-order valence-electron chi connectivity index (χ3n) is 11.5. The number of allylic oxidation sites excluding steroid dienone is 17. The van der Waals surface area contributed by atoms with Crippen molar-refractivity contribution in [2.75, 3.05) is 6.61 Å². The van der Waals surface area contributed by atoms with Crippen LogP contribution in [0.15, 0.2) is 109 Å². The molecule has 360 valence electrons. The first-order valence-electron chi connectivity index (χ1n) is 26.6. The Morgan fingerprint density at radius 3 is 1.05 bits per heavy atom. The zero-order chi connectivity index (χ0) is 45.6. The Labute approximate surface area is 391 Å². The summed E-state index contributed by atoms with van der Waals surface area (Å²) in [6.45, 7) is 4.05. The molecule has 0 aliphatic rings. The minimum absolute atomic E-state index is 0.0812. The molecule has 0 aliphatic carbocycles. The number of aliphatic hydroxyl groups is 2. The van der Waals surface area contributed by atoms with Crippen molar-refractivity contribution in [3.8, 4) is 0 Å². The fourth-order valence-corrected chi connectivity index (χ4v) is 7.52. The smallest absolute Gasteiger partial charge is 0.220 e. The Balaban J connectivity index is 3.44. The highest BCUT2D eigenvalue weighted by atomic mass is 16.3. The summed E-state index contributed by atoms with van der Waals surface area (Å²) in [5, 5.41) is 22.9. The summed E-state index contributed by atoms with van der Waals surface area (Å²) < 4.78 is 0. The third kappa shape index (κ3) is 49.9. The molecule has 0 aliphatic heterocycles. The lowest BCUT2D eigenvalue weighted by atomic mass is 10.0. The van der Waals surface area contributed by atoms with Gasteiger partial charge in [-0.15, -0.1) is 0 Å². The topological polar surface area (TPSA) is 69.6 Å². The average molecular weight is 872 g/mol. The minimum Gasteiger partial charge on any atom is -0.394 e. The highest BCUT2D eigenvalue weighted by Crippen LogP contribution is 2.16. The molecule has 0 spiro atoms. The number of rotatable bonds is 47. The molecular formula is C59H101NO3. The van der Waals surface area contributed by atoms with E-state index in [4.69, 9.17) is 0 Å². The molecule has 2 unspecified atom stereocenters. The summed E-state index contributed by atoms with van der Waals surface area (Å²) >= 11 is 0. The summed E-state index contributed by atoms with van der Waals surface area (Å²) in [5.74, 6) is -0.0812. The van der Waals surface area contributed by atoms with E-state index in [9.17, 15) is 15.0 Å². The van der Waals surface area contributed by atoms with Crippen LogP contribution in [0.3, 0.4) is 0 Å². The Morgan fingerprint density at radius 2 is 0.667 bits per heavy atom. The van der Waals surface area contributed by atoms with Gasteiger partial charge < -0.3 is 15.5 Å². The van der Waals surface area contributed by atoms with Crippen LogP contribution < -0.4 is 5.32 Å². The second-order valence-electron chi connectivity index (χ2n) is 17.5. The quantitative estimate of drug-likeness (QED) is 0.0421. The number of hydrogen-bond donors (Lipinski definition) is 3. The Bertz CT molecular complexity index is 1220. The first-order valence-corrected chi connectivity index (χ1v) is 26.6.